The molecular formula is C18H22N2O6. The molecule has 0 spiro atoms. The Balaban J connectivity index is 2.50. The predicted octanol–water partition coefficient (Wildman–Crippen LogP) is 3.32. The van der Waals surface area contributed by atoms with Crippen molar-refractivity contribution >= 4 is 18.2 Å². The van der Waals surface area contributed by atoms with E-state index in [0.717, 1.165) is 16.2 Å². The number of carbonyl (C=O) groups excluding carboxylic acids is 2. The van der Waals surface area contributed by atoms with Crippen LogP contribution in [-0.4, -0.2) is 45.5 Å². The van der Waals surface area contributed by atoms with Crippen molar-refractivity contribution in [3.05, 3.63) is 47.7 Å². The van der Waals surface area contributed by atoms with Crippen LogP contribution >= 0.6 is 0 Å². The normalized spacial score (nSPS) is 16.7. The number of nitrogens with zero attached hydrogens (tertiary/aromatic N) is 2. The topological polar surface area (TPSA) is 96.4 Å². The first kappa shape index (κ1) is 19.3. The SMILES string of the molecule is CC(C)OC(=O)N1C=C(C(=O)O)[C@H](c2ccccc2)N1C(=O)OC(C)C. The highest BCUT2D eigenvalue weighted by Crippen LogP contribution is 2.37. The fourth-order valence-corrected chi connectivity index (χ4v) is 2.49. The van der Waals surface area contributed by atoms with E-state index in [1.807, 2.05) is 0 Å². The molecule has 0 bridgehead atoms. The molecule has 0 saturated carbocycles. The molecule has 0 aliphatic carbocycles. The minimum atomic E-state index is -1.25. The summed E-state index contributed by atoms with van der Waals surface area (Å²) in [6, 6.07) is 7.54. The monoisotopic (exact) mass is 362 g/mol. The maximum Gasteiger partial charge on any atom is 0.433 e. The van der Waals surface area contributed by atoms with Crippen molar-refractivity contribution in [3.8, 4) is 0 Å². The average molecular weight is 362 g/mol. The molecule has 0 radical (unpaired) electrons. The highest BCUT2D eigenvalue weighted by atomic mass is 16.6. The van der Waals surface area contributed by atoms with E-state index in [9.17, 15) is 19.5 Å². The summed E-state index contributed by atoms with van der Waals surface area (Å²) in [7, 11) is 0. The Morgan fingerprint density at radius 3 is 2.00 bits per heavy atom. The van der Waals surface area contributed by atoms with E-state index in [2.05, 4.69) is 0 Å². The molecule has 1 atom stereocenters. The predicted molar refractivity (Wildman–Crippen MR) is 91.8 cm³/mol. The zero-order valence-electron chi connectivity index (χ0n) is 15.1. The molecular weight excluding hydrogens is 340 g/mol. The Bertz CT molecular complexity index is 714. The second-order valence-corrected chi connectivity index (χ2v) is 6.26. The summed E-state index contributed by atoms with van der Waals surface area (Å²) in [5, 5.41) is 11.4. The van der Waals surface area contributed by atoms with Gasteiger partial charge in [0.15, 0.2) is 0 Å². The number of benzene rings is 1. The maximum absolute atomic E-state index is 12.6. The van der Waals surface area contributed by atoms with Crippen LogP contribution in [0.15, 0.2) is 42.1 Å². The van der Waals surface area contributed by atoms with Gasteiger partial charge in [0.05, 0.1) is 17.8 Å². The number of hydrogen-bond donors (Lipinski definition) is 1. The van der Waals surface area contributed by atoms with Crippen LogP contribution in [-0.2, 0) is 14.3 Å². The molecule has 1 aliphatic heterocycles. The van der Waals surface area contributed by atoms with Crippen molar-refractivity contribution < 1.29 is 29.0 Å². The van der Waals surface area contributed by atoms with Gasteiger partial charge in [-0.1, -0.05) is 30.3 Å². The van der Waals surface area contributed by atoms with Crippen molar-refractivity contribution in [2.75, 3.05) is 0 Å². The molecule has 1 aliphatic rings. The van der Waals surface area contributed by atoms with Gasteiger partial charge in [-0.25, -0.2) is 14.4 Å². The summed E-state index contributed by atoms with van der Waals surface area (Å²) in [6.45, 7) is 6.63. The van der Waals surface area contributed by atoms with Crippen LogP contribution < -0.4 is 0 Å². The van der Waals surface area contributed by atoms with Gasteiger partial charge < -0.3 is 14.6 Å². The Morgan fingerprint density at radius 2 is 1.50 bits per heavy atom. The summed E-state index contributed by atoms with van der Waals surface area (Å²) in [5.41, 5.74) is 0.388. The lowest BCUT2D eigenvalue weighted by Crippen LogP contribution is -2.46. The van der Waals surface area contributed by atoms with Crippen LogP contribution in [0.4, 0.5) is 9.59 Å². The number of rotatable bonds is 4. The molecule has 2 rings (SSSR count). The zero-order chi connectivity index (χ0) is 19.4. The van der Waals surface area contributed by atoms with E-state index < -0.39 is 36.4 Å². The van der Waals surface area contributed by atoms with Crippen molar-refractivity contribution in [2.24, 2.45) is 0 Å². The third-order valence-electron chi connectivity index (χ3n) is 3.44. The molecule has 0 saturated heterocycles. The summed E-state index contributed by atoms with van der Waals surface area (Å²) in [6.07, 6.45) is -1.51. The number of amides is 2. The number of aliphatic carboxylic acids is 1. The summed E-state index contributed by atoms with van der Waals surface area (Å²) < 4.78 is 10.3. The molecule has 26 heavy (non-hydrogen) atoms. The lowest BCUT2D eigenvalue weighted by Gasteiger charge is -2.32. The van der Waals surface area contributed by atoms with Gasteiger partial charge in [0.1, 0.15) is 6.04 Å². The number of hydrazine groups is 1. The number of carboxylic acids is 1. The maximum atomic E-state index is 12.6. The zero-order valence-corrected chi connectivity index (χ0v) is 15.1. The van der Waals surface area contributed by atoms with Gasteiger partial charge in [0, 0.05) is 6.20 Å². The highest BCUT2D eigenvalue weighted by molar-refractivity contribution is 5.92. The first-order chi connectivity index (χ1) is 12.2. The number of carboxylic acid groups (broad SMARTS) is 1. The number of carbonyl (C=O) groups is 3. The lowest BCUT2D eigenvalue weighted by molar-refractivity contribution is -0.133. The standard InChI is InChI=1S/C18H22N2O6/c1-11(2)25-17(23)19-10-14(16(21)22)15(13-8-6-5-7-9-13)20(19)18(24)26-12(3)4/h5-12,15H,1-4H3,(H,21,22)/t15-/m0/s1. The quantitative estimate of drug-likeness (QED) is 0.883. The first-order valence-corrected chi connectivity index (χ1v) is 8.22. The summed E-state index contributed by atoms with van der Waals surface area (Å²) >= 11 is 0. The van der Waals surface area contributed by atoms with Crippen LogP contribution in [0, 0.1) is 0 Å². The molecule has 8 heteroatoms. The van der Waals surface area contributed by atoms with Crippen LogP contribution in [0.25, 0.3) is 0 Å². The fraction of sp³-hybridized carbons (Fsp3) is 0.389. The number of ether oxygens (including phenoxy) is 2. The van der Waals surface area contributed by atoms with Crippen LogP contribution in [0.1, 0.15) is 39.3 Å². The third-order valence-corrected chi connectivity index (χ3v) is 3.44. The molecule has 1 aromatic rings. The van der Waals surface area contributed by atoms with Gasteiger partial charge in [0.25, 0.3) is 0 Å². The fourth-order valence-electron chi connectivity index (χ4n) is 2.49. The molecule has 1 aromatic carbocycles. The Morgan fingerprint density at radius 1 is 0.962 bits per heavy atom. The van der Waals surface area contributed by atoms with Crippen LogP contribution in [0.2, 0.25) is 0 Å². The van der Waals surface area contributed by atoms with E-state index >= 15 is 0 Å². The first-order valence-electron chi connectivity index (χ1n) is 8.22. The van der Waals surface area contributed by atoms with Gasteiger partial charge in [0.2, 0.25) is 0 Å². The van der Waals surface area contributed by atoms with Crippen molar-refractivity contribution in [2.45, 2.75) is 45.9 Å². The molecule has 1 N–H and O–H groups in total. The Hall–Kier alpha value is -3.03. The molecule has 2 amide bonds. The smallest absolute Gasteiger partial charge is 0.433 e. The van der Waals surface area contributed by atoms with Gasteiger partial charge >= 0.3 is 18.2 Å². The largest absolute Gasteiger partial charge is 0.478 e. The minimum Gasteiger partial charge on any atom is -0.478 e. The van der Waals surface area contributed by atoms with E-state index in [4.69, 9.17) is 9.47 Å². The molecule has 0 fully saturated rings. The second-order valence-electron chi connectivity index (χ2n) is 6.26. The molecule has 0 aromatic heterocycles. The Labute approximate surface area is 151 Å². The number of hydrogen-bond acceptors (Lipinski definition) is 5. The summed E-state index contributed by atoms with van der Waals surface area (Å²) in [4.78, 5) is 36.8. The lowest BCUT2D eigenvalue weighted by atomic mass is 10.0. The average Bonchev–Trinajstić information content (AvgIpc) is 2.95. The Kier molecular flexibility index (Phi) is 5.86. The third kappa shape index (κ3) is 4.14. The van der Waals surface area contributed by atoms with Gasteiger partial charge in [-0.15, -0.1) is 0 Å². The van der Waals surface area contributed by atoms with E-state index in [-0.39, 0.29) is 5.57 Å². The second kappa shape index (κ2) is 7.90. The molecule has 1 heterocycles. The van der Waals surface area contributed by atoms with Gasteiger partial charge in [-0.05, 0) is 33.3 Å². The summed E-state index contributed by atoms with van der Waals surface area (Å²) in [5.74, 6) is -1.25. The van der Waals surface area contributed by atoms with E-state index in [0.29, 0.717) is 5.56 Å². The molecule has 140 valence electrons. The van der Waals surface area contributed by atoms with Gasteiger partial charge in [-0.2, -0.15) is 10.0 Å². The molecule has 0 unspecified atom stereocenters. The minimum absolute atomic E-state index is 0.141. The highest BCUT2D eigenvalue weighted by Gasteiger charge is 2.45. The van der Waals surface area contributed by atoms with Crippen molar-refractivity contribution in [1.82, 2.24) is 10.0 Å². The van der Waals surface area contributed by atoms with Crippen LogP contribution in [0.5, 0.6) is 0 Å². The van der Waals surface area contributed by atoms with Gasteiger partial charge in [-0.3, -0.25) is 0 Å². The van der Waals surface area contributed by atoms with Crippen LogP contribution in [0.3, 0.4) is 0 Å². The van der Waals surface area contributed by atoms with E-state index in [1.54, 1.807) is 58.0 Å². The molecule has 8 nitrogen and oxygen atoms in total. The van der Waals surface area contributed by atoms with Crippen molar-refractivity contribution in [3.63, 3.8) is 0 Å². The van der Waals surface area contributed by atoms with Crippen molar-refractivity contribution in [1.29, 1.82) is 0 Å². The van der Waals surface area contributed by atoms with E-state index in [1.165, 1.54) is 0 Å².